The van der Waals surface area contributed by atoms with Crippen LogP contribution in [-0.4, -0.2) is 16.6 Å². The van der Waals surface area contributed by atoms with Crippen LogP contribution in [0, 0.1) is 6.92 Å². The second kappa shape index (κ2) is 4.18. The minimum Gasteiger partial charge on any atom is -0.387 e. The molecular weight excluding hydrogens is 152 g/mol. The molecule has 0 aliphatic heterocycles. The van der Waals surface area contributed by atoms with E-state index in [9.17, 15) is 5.11 Å². The minimum atomic E-state index is -0.519. The zero-order chi connectivity index (χ0) is 8.97. The summed E-state index contributed by atoms with van der Waals surface area (Å²) in [5, 5.41) is 9.50. The summed E-state index contributed by atoms with van der Waals surface area (Å²) < 4.78 is 0. The highest BCUT2D eigenvalue weighted by Gasteiger charge is 2.06. The van der Waals surface area contributed by atoms with Gasteiger partial charge in [0.05, 0.1) is 11.8 Å². The molecule has 0 saturated heterocycles. The van der Waals surface area contributed by atoms with E-state index < -0.39 is 6.10 Å². The van der Waals surface area contributed by atoms with E-state index in [-0.39, 0.29) is 0 Å². The lowest BCUT2D eigenvalue weighted by atomic mass is 10.1. The van der Waals surface area contributed by atoms with Gasteiger partial charge in [-0.25, -0.2) is 0 Å². The monoisotopic (exact) mass is 166 g/mol. The number of hydrogen-bond donors (Lipinski definition) is 2. The molecule has 0 amide bonds. The number of aromatic nitrogens is 1. The van der Waals surface area contributed by atoms with Gasteiger partial charge in [0.1, 0.15) is 0 Å². The van der Waals surface area contributed by atoms with Gasteiger partial charge in [0.25, 0.3) is 0 Å². The average Bonchev–Trinajstić information content (AvgIpc) is 2.05. The summed E-state index contributed by atoms with van der Waals surface area (Å²) in [5.74, 6) is 0. The minimum absolute atomic E-state index is 0.483. The van der Waals surface area contributed by atoms with Gasteiger partial charge in [-0.2, -0.15) is 0 Å². The van der Waals surface area contributed by atoms with Crippen molar-refractivity contribution >= 4 is 0 Å². The quantitative estimate of drug-likeness (QED) is 0.697. The van der Waals surface area contributed by atoms with E-state index in [1.54, 1.807) is 0 Å². The van der Waals surface area contributed by atoms with Crippen molar-refractivity contribution in [2.45, 2.75) is 19.4 Å². The van der Waals surface area contributed by atoms with Crippen molar-refractivity contribution in [2.75, 3.05) is 6.54 Å². The van der Waals surface area contributed by atoms with E-state index in [1.165, 1.54) is 0 Å². The first-order valence-corrected chi connectivity index (χ1v) is 4.05. The number of aryl methyl sites for hydroxylation is 1. The Balaban J connectivity index is 2.73. The van der Waals surface area contributed by atoms with E-state index in [1.807, 2.05) is 25.1 Å². The molecule has 3 N–H and O–H groups in total. The molecule has 0 spiro atoms. The largest absolute Gasteiger partial charge is 0.387 e. The van der Waals surface area contributed by atoms with E-state index in [0.717, 1.165) is 5.69 Å². The molecule has 1 heterocycles. The van der Waals surface area contributed by atoms with Gasteiger partial charge in [0, 0.05) is 5.69 Å². The smallest absolute Gasteiger partial charge is 0.0971 e. The molecule has 0 aliphatic carbocycles. The lowest BCUT2D eigenvalue weighted by Crippen LogP contribution is -2.08. The summed E-state index contributed by atoms with van der Waals surface area (Å²) in [6.45, 7) is 2.38. The van der Waals surface area contributed by atoms with Crippen molar-refractivity contribution in [1.82, 2.24) is 4.98 Å². The van der Waals surface area contributed by atoms with Gasteiger partial charge < -0.3 is 10.8 Å². The normalized spacial score (nSPS) is 12.9. The number of aliphatic hydroxyl groups is 1. The summed E-state index contributed by atoms with van der Waals surface area (Å²) in [6, 6.07) is 5.60. The van der Waals surface area contributed by atoms with Crippen LogP contribution < -0.4 is 5.73 Å². The molecule has 0 aliphatic rings. The zero-order valence-corrected chi connectivity index (χ0v) is 7.20. The molecule has 1 aromatic heterocycles. The third-order valence-corrected chi connectivity index (χ3v) is 1.69. The van der Waals surface area contributed by atoms with E-state index in [4.69, 9.17) is 5.73 Å². The van der Waals surface area contributed by atoms with Gasteiger partial charge in [-0.1, -0.05) is 6.07 Å². The second-order valence-electron chi connectivity index (χ2n) is 2.80. The Morgan fingerprint density at radius 3 is 2.92 bits per heavy atom. The van der Waals surface area contributed by atoms with Gasteiger partial charge in [0.15, 0.2) is 0 Å². The first kappa shape index (κ1) is 9.16. The van der Waals surface area contributed by atoms with Crippen molar-refractivity contribution in [3.05, 3.63) is 29.6 Å². The summed E-state index contributed by atoms with van der Waals surface area (Å²) >= 11 is 0. The van der Waals surface area contributed by atoms with Gasteiger partial charge in [-0.15, -0.1) is 0 Å². The summed E-state index contributed by atoms with van der Waals surface area (Å²) in [4.78, 5) is 4.19. The predicted molar refractivity (Wildman–Crippen MR) is 47.6 cm³/mol. The van der Waals surface area contributed by atoms with Crippen LogP contribution >= 0.6 is 0 Å². The maximum Gasteiger partial charge on any atom is 0.0971 e. The van der Waals surface area contributed by atoms with Gasteiger partial charge in [0.2, 0.25) is 0 Å². The molecule has 3 nitrogen and oxygen atoms in total. The Kier molecular flexibility index (Phi) is 3.19. The van der Waals surface area contributed by atoms with Crippen LogP contribution in [0.15, 0.2) is 18.2 Å². The van der Waals surface area contributed by atoms with Crippen LogP contribution in [0.5, 0.6) is 0 Å². The molecule has 66 valence electrons. The average molecular weight is 166 g/mol. The standard InChI is InChI=1S/C9H14N2O/c1-7-3-2-4-8(11-7)9(12)5-6-10/h2-4,9,12H,5-6,10H2,1H3/t9-/m1/s1. The van der Waals surface area contributed by atoms with E-state index in [0.29, 0.717) is 18.7 Å². The second-order valence-corrected chi connectivity index (χ2v) is 2.80. The highest BCUT2D eigenvalue weighted by Crippen LogP contribution is 2.12. The lowest BCUT2D eigenvalue weighted by molar-refractivity contribution is 0.165. The van der Waals surface area contributed by atoms with Crippen molar-refractivity contribution in [3.8, 4) is 0 Å². The third-order valence-electron chi connectivity index (χ3n) is 1.69. The number of pyridine rings is 1. The first-order chi connectivity index (χ1) is 5.74. The van der Waals surface area contributed by atoms with Gasteiger partial charge in [-0.3, -0.25) is 4.98 Å². The number of hydrogen-bond acceptors (Lipinski definition) is 3. The molecule has 1 aromatic rings. The topological polar surface area (TPSA) is 59.1 Å². The van der Waals surface area contributed by atoms with E-state index in [2.05, 4.69) is 4.98 Å². The van der Waals surface area contributed by atoms with Crippen molar-refractivity contribution < 1.29 is 5.11 Å². The Labute approximate surface area is 72.2 Å². The molecule has 0 fully saturated rings. The fourth-order valence-corrected chi connectivity index (χ4v) is 1.06. The Hall–Kier alpha value is -0.930. The fraction of sp³-hybridized carbons (Fsp3) is 0.444. The molecule has 0 saturated carbocycles. The van der Waals surface area contributed by atoms with Crippen molar-refractivity contribution in [1.29, 1.82) is 0 Å². The van der Waals surface area contributed by atoms with Crippen LogP contribution in [-0.2, 0) is 0 Å². The Morgan fingerprint density at radius 2 is 2.33 bits per heavy atom. The van der Waals surface area contributed by atoms with Crippen LogP contribution in [0.25, 0.3) is 0 Å². The van der Waals surface area contributed by atoms with Crippen molar-refractivity contribution in [3.63, 3.8) is 0 Å². The first-order valence-electron chi connectivity index (χ1n) is 4.05. The fourth-order valence-electron chi connectivity index (χ4n) is 1.06. The zero-order valence-electron chi connectivity index (χ0n) is 7.20. The molecule has 12 heavy (non-hydrogen) atoms. The highest BCUT2D eigenvalue weighted by atomic mass is 16.3. The highest BCUT2D eigenvalue weighted by molar-refractivity contribution is 5.11. The van der Waals surface area contributed by atoms with Crippen LogP contribution in [0.4, 0.5) is 0 Å². The summed E-state index contributed by atoms with van der Waals surface area (Å²) in [5.41, 5.74) is 6.95. The molecule has 1 atom stereocenters. The molecular formula is C9H14N2O. The van der Waals surface area contributed by atoms with Gasteiger partial charge in [-0.05, 0) is 32.0 Å². The van der Waals surface area contributed by atoms with Gasteiger partial charge >= 0.3 is 0 Å². The molecule has 1 rings (SSSR count). The lowest BCUT2D eigenvalue weighted by Gasteiger charge is -2.08. The maximum atomic E-state index is 9.50. The molecule has 3 heteroatoms. The number of nitrogens with two attached hydrogens (primary N) is 1. The summed E-state index contributed by atoms with van der Waals surface area (Å²) in [7, 11) is 0. The number of nitrogens with zero attached hydrogens (tertiary/aromatic N) is 1. The molecule has 0 bridgehead atoms. The van der Waals surface area contributed by atoms with Crippen LogP contribution in [0.2, 0.25) is 0 Å². The van der Waals surface area contributed by atoms with E-state index >= 15 is 0 Å². The molecule has 0 aromatic carbocycles. The Bertz CT molecular complexity index is 250. The predicted octanol–water partition coefficient (Wildman–Crippen LogP) is 0.772. The number of rotatable bonds is 3. The van der Waals surface area contributed by atoms with Crippen LogP contribution in [0.1, 0.15) is 23.9 Å². The molecule has 0 radical (unpaired) electrons. The maximum absolute atomic E-state index is 9.50. The Morgan fingerprint density at radius 1 is 1.58 bits per heavy atom. The van der Waals surface area contributed by atoms with Crippen molar-refractivity contribution in [2.24, 2.45) is 5.73 Å². The third kappa shape index (κ3) is 2.29. The summed E-state index contributed by atoms with van der Waals surface area (Å²) in [6.07, 6.45) is 0.0473. The number of aliphatic hydroxyl groups excluding tert-OH is 1. The molecule has 0 unspecified atom stereocenters. The SMILES string of the molecule is Cc1cccc([C@H](O)CCN)n1. The van der Waals surface area contributed by atoms with Crippen LogP contribution in [0.3, 0.4) is 0 Å².